The zero-order valence-corrected chi connectivity index (χ0v) is 17.3. The molecular weight excluding hydrogens is 333 g/mol. The third-order valence-electron chi connectivity index (χ3n) is 1.87. The molecule has 0 aliphatic heterocycles. The van der Waals surface area contributed by atoms with Gasteiger partial charge in [-0.15, -0.1) is 6.07 Å². The second-order valence-corrected chi connectivity index (χ2v) is 15.7. The van der Waals surface area contributed by atoms with Crippen molar-refractivity contribution in [2.24, 2.45) is 0 Å². The van der Waals surface area contributed by atoms with Crippen molar-refractivity contribution in [3.63, 3.8) is 0 Å². The summed E-state index contributed by atoms with van der Waals surface area (Å²) in [6.45, 7) is 13.8. The van der Waals surface area contributed by atoms with Gasteiger partial charge in [0.05, 0.1) is 0 Å². The summed E-state index contributed by atoms with van der Waals surface area (Å²) in [6, 6.07) is 9.45. The van der Waals surface area contributed by atoms with Crippen LogP contribution in [0.15, 0.2) is 18.2 Å². The maximum Gasteiger partial charge on any atom is 2.00 e. The first-order valence-corrected chi connectivity index (χ1v) is 12.7. The van der Waals surface area contributed by atoms with E-state index in [1.165, 1.54) is 5.69 Å². The van der Waals surface area contributed by atoms with Crippen molar-refractivity contribution in [2.45, 2.75) is 39.3 Å². The molecule has 0 aliphatic carbocycles. The number of benzene rings is 1. The zero-order valence-electron chi connectivity index (χ0n) is 12.3. The first-order chi connectivity index (χ1) is 7.17. The van der Waals surface area contributed by atoms with Gasteiger partial charge in [-0.1, -0.05) is 50.7 Å². The Labute approximate surface area is 140 Å². The summed E-state index contributed by atoms with van der Waals surface area (Å²) in [5.41, 5.74) is 2.33. The molecule has 98 valence electrons. The first-order valence-electron chi connectivity index (χ1n) is 5.74. The number of halogens is 1. The van der Waals surface area contributed by atoms with Gasteiger partial charge in [-0.05, 0) is 0 Å². The Morgan fingerprint density at radius 1 is 0.944 bits per heavy atom. The molecule has 0 aliphatic rings. The van der Waals surface area contributed by atoms with E-state index in [4.69, 9.17) is 0 Å². The van der Waals surface area contributed by atoms with Crippen LogP contribution >= 0.6 is 0 Å². The SMILES string of the molecule is C[Si](C)(C)Nc1[c-]cccc1N[Si](C)(C)C.[Br-].[Mg+2]. The summed E-state index contributed by atoms with van der Waals surface area (Å²) in [5, 5.41) is 0. The third kappa shape index (κ3) is 8.58. The summed E-state index contributed by atoms with van der Waals surface area (Å²) < 4.78 is 0. The maximum atomic E-state index is 3.64. The van der Waals surface area contributed by atoms with Crippen LogP contribution in [0.3, 0.4) is 0 Å². The summed E-state index contributed by atoms with van der Waals surface area (Å²) in [5.74, 6) is 0. The van der Waals surface area contributed by atoms with Crippen molar-refractivity contribution in [1.29, 1.82) is 0 Å². The smallest absolute Gasteiger partial charge is 1.00 e. The number of para-hydroxylation sites is 1. The van der Waals surface area contributed by atoms with E-state index in [-0.39, 0.29) is 40.0 Å². The van der Waals surface area contributed by atoms with E-state index in [2.05, 4.69) is 61.4 Å². The molecule has 2 nitrogen and oxygen atoms in total. The number of rotatable bonds is 4. The van der Waals surface area contributed by atoms with Crippen LogP contribution in [0.2, 0.25) is 39.3 Å². The van der Waals surface area contributed by atoms with Gasteiger partial charge < -0.3 is 26.9 Å². The summed E-state index contributed by atoms with van der Waals surface area (Å²) in [6.07, 6.45) is 0. The van der Waals surface area contributed by atoms with Crippen LogP contribution in [0.4, 0.5) is 11.4 Å². The van der Waals surface area contributed by atoms with Crippen LogP contribution in [0.25, 0.3) is 0 Å². The molecule has 0 heterocycles. The van der Waals surface area contributed by atoms with Crippen LogP contribution in [0.1, 0.15) is 0 Å². The van der Waals surface area contributed by atoms with Crippen molar-refractivity contribution >= 4 is 50.9 Å². The summed E-state index contributed by atoms with van der Waals surface area (Å²) in [4.78, 5) is 7.26. The second-order valence-electron chi connectivity index (χ2n) is 6.21. The molecule has 0 spiro atoms. The predicted molar refractivity (Wildman–Crippen MR) is 85.0 cm³/mol. The van der Waals surface area contributed by atoms with Crippen molar-refractivity contribution in [2.75, 3.05) is 9.96 Å². The van der Waals surface area contributed by atoms with E-state index >= 15 is 0 Å². The molecule has 2 N–H and O–H groups in total. The Morgan fingerprint density at radius 3 is 1.89 bits per heavy atom. The molecule has 0 bridgehead atoms. The van der Waals surface area contributed by atoms with Gasteiger partial charge in [0.1, 0.15) is 16.5 Å². The molecule has 0 unspecified atom stereocenters. The van der Waals surface area contributed by atoms with Gasteiger partial charge in [-0.3, -0.25) is 0 Å². The number of nitrogens with one attached hydrogen (secondary N) is 2. The van der Waals surface area contributed by atoms with Crippen molar-refractivity contribution in [3.8, 4) is 0 Å². The maximum absolute atomic E-state index is 3.64. The van der Waals surface area contributed by atoms with Crippen molar-refractivity contribution in [1.82, 2.24) is 0 Å². The van der Waals surface area contributed by atoms with Gasteiger partial charge in [-0.25, -0.2) is 0 Å². The Bertz CT molecular complexity index is 327. The fourth-order valence-electron chi connectivity index (χ4n) is 1.42. The second kappa shape index (κ2) is 7.94. The Morgan fingerprint density at radius 2 is 1.44 bits per heavy atom. The minimum absolute atomic E-state index is 0. The van der Waals surface area contributed by atoms with Crippen LogP contribution in [-0.4, -0.2) is 39.5 Å². The molecule has 0 fully saturated rings. The molecule has 6 heteroatoms. The summed E-state index contributed by atoms with van der Waals surface area (Å²) in [7, 11) is -2.61. The molecule has 1 aromatic carbocycles. The standard InChI is InChI=1S/C12H23N2Si2.BrH.Mg/c1-15(2,3)13-11-9-7-8-10-12(11)14-16(4,5)6;;/h7-9,13-14H,1-6H3;1H;/q-1;;+2/p-1. The van der Waals surface area contributed by atoms with Gasteiger partial charge in [0.2, 0.25) is 0 Å². The van der Waals surface area contributed by atoms with E-state index in [0.29, 0.717) is 0 Å². The van der Waals surface area contributed by atoms with Crippen LogP contribution in [0, 0.1) is 6.07 Å². The molecule has 1 rings (SSSR count). The molecule has 0 atom stereocenters. The fourth-order valence-corrected chi connectivity index (χ4v) is 3.40. The van der Waals surface area contributed by atoms with Gasteiger partial charge in [0, 0.05) is 0 Å². The largest absolute Gasteiger partial charge is 2.00 e. The normalized spacial score (nSPS) is 11.0. The van der Waals surface area contributed by atoms with Crippen LogP contribution in [0.5, 0.6) is 0 Å². The molecule has 1 aromatic rings. The molecule has 0 aromatic heterocycles. The van der Waals surface area contributed by atoms with Crippen molar-refractivity contribution in [3.05, 3.63) is 24.3 Å². The van der Waals surface area contributed by atoms with Gasteiger partial charge >= 0.3 is 23.1 Å². The van der Waals surface area contributed by atoms with Crippen LogP contribution < -0.4 is 26.9 Å². The van der Waals surface area contributed by atoms with Gasteiger partial charge in [0.15, 0.2) is 0 Å². The minimum Gasteiger partial charge on any atom is -1.00 e. The van der Waals surface area contributed by atoms with Crippen molar-refractivity contribution < 1.29 is 17.0 Å². The fraction of sp³-hybridized carbons (Fsp3) is 0.500. The Balaban J connectivity index is 0. The third-order valence-corrected chi connectivity index (χ3v) is 3.89. The molecule has 0 amide bonds. The predicted octanol–water partition coefficient (Wildman–Crippen LogP) is 0.604. The molecule has 0 radical (unpaired) electrons. The van der Waals surface area contributed by atoms with Gasteiger partial charge in [0.25, 0.3) is 0 Å². The quantitative estimate of drug-likeness (QED) is 0.611. The minimum atomic E-state index is -1.31. The number of hydrogen-bond donors (Lipinski definition) is 2. The number of hydrogen-bond acceptors (Lipinski definition) is 2. The van der Waals surface area contributed by atoms with Crippen LogP contribution in [-0.2, 0) is 0 Å². The average Bonchev–Trinajstić information content (AvgIpc) is 2.03. The summed E-state index contributed by atoms with van der Waals surface area (Å²) >= 11 is 0. The molecular formula is C12H23BrMgN2Si2. The van der Waals surface area contributed by atoms with E-state index < -0.39 is 16.5 Å². The van der Waals surface area contributed by atoms with E-state index in [9.17, 15) is 0 Å². The monoisotopic (exact) mass is 354 g/mol. The molecule has 0 saturated carbocycles. The zero-order chi connectivity index (χ0) is 12.4. The van der Waals surface area contributed by atoms with E-state index in [0.717, 1.165) is 5.69 Å². The molecule has 0 saturated heterocycles. The first kappa shape index (κ1) is 20.8. The van der Waals surface area contributed by atoms with E-state index in [1.807, 2.05) is 12.1 Å². The average molecular weight is 356 g/mol. The van der Waals surface area contributed by atoms with E-state index in [1.54, 1.807) is 0 Å². The Hall–Kier alpha value is 0.500. The molecule has 18 heavy (non-hydrogen) atoms. The topological polar surface area (TPSA) is 24.1 Å². The number of anilines is 2. The van der Waals surface area contributed by atoms with Gasteiger partial charge in [-0.2, -0.15) is 18.2 Å². The Kier molecular flexibility index (Phi) is 9.18.